The van der Waals surface area contributed by atoms with Gasteiger partial charge in [-0.15, -0.1) is 0 Å². The van der Waals surface area contributed by atoms with Crippen molar-refractivity contribution in [1.29, 1.82) is 0 Å². The zero-order chi connectivity index (χ0) is 9.80. The van der Waals surface area contributed by atoms with E-state index >= 15 is 0 Å². The molecule has 1 fully saturated rings. The van der Waals surface area contributed by atoms with E-state index in [-0.39, 0.29) is 12.6 Å². The van der Waals surface area contributed by atoms with Crippen molar-refractivity contribution in [3.05, 3.63) is 30.1 Å². The standard InChI is InChI=1S/C11H13FO2/c12-10-2-1-3-11(6-10)14-8-13-7-9-4-5-9/h1-3,6,9H,4-5,7-8H2. The van der Waals surface area contributed by atoms with Crippen molar-refractivity contribution in [2.24, 2.45) is 5.92 Å². The highest BCUT2D eigenvalue weighted by Gasteiger charge is 2.20. The number of benzene rings is 1. The highest BCUT2D eigenvalue weighted by Crippen LogP contribution is 2.28. The minimum absolute atomic E-state index is 0.208. The summed E-state index contributed by atoms with van der Waals surface area (Å²) < 4.78 is 23.2. The van der Waals surface area contributed by atoms with Crippen LogP contribution in [0.25, 0.3) is 0 Å². The first kappa shape index (κ1) is 9.46. The Balaban J connectivity index is 1.68. The molecule has 0 radical (unpaired) electrons. The Hall–Kier alpha value is -1.09. The summed E-state index contributed by atoms with van der Waals surface area (Å²) in [6.07, 6.45) is 2.53. The lowest BCUT2D eigenvalue weighted by atomic mass is 10.3. The molecule has 3 heteroatoms. The minimum Gasteiger partial charge on any atom is -0.467 e. The van der Waals surface area contributed by atoms with Gasteiger partial charge >= 0.3 is 0 Å². The molecule has 0 unspecified atom stereocenters. The molecule has 2 rings (SSSR count). The fourth-order valence-corrected chi connectivity index (χ4v) is 1.17. The van der Waals surface area contributed by atoms with Crippen LogP contribution in [-0.2, 0) is 4.74 Å². The first-order chi connectivity index (χ1) is 6.84. The number of rotatable bonds is 5. The Morgan fingerprint density at radius 2 is 2.21 bits per heavy atom. The first-order valence-electron chi connectivity index (χ1n) is 4.81. The topological polar surface area (TPSA) is 18.5 Å². The van der Waals surface area contributed by atoms with E-state index in [1.807, 2.05) is 0 Å². The van der Waals surface area contributed by atoms with E-state index < -0.39 is 0 Å². The summed E-state index contributed by atoms with van der Waals surface area (Å²) in [6.45, 7) is 0.968. The van der Waals surface area contributed by atoms with Gasteiger partial charge in [0.25, 0.3) is 0 Å². The van der Waals surface area contributed by atoms with E-state index in [0.717, 1.165) is 12.5 Å². The SMILES string of the molecule is Fc1cccc(OCOCC2CC2)c1. The minimum atomic E-state index is -0.287. The number of hydrogen-bond donors (Lipinski definition) is 0. The summed E-state index contributed by atoms with van der Waals surface area (Å²) in [6, 6.07) is 6.06. The zero-order valence-electron chi connectivity index (χ0n) is 7.91. The quantitative estimate of drug-likeness (QED) is 0.532. The molecule has 0 aliphatic heterocycles. The van der Waals surface area contributed by atoms with E-state index in [1.165, 1.54) is 25.0 Å². The normalized spacial score (nSPS) is 15.5. The predicted octanol–water partition coefficient (Wildman–Crippen LogP) is 2.59. The van der Waals surface area contributed by atoms with E-state index in [0.29, 0.717) is 5.75 Å². The van der Waals surface area contributed by atoms with Crippen LogP contribution < -0.4 is 4.74 Å². The molecule has 0 amide bonds. The van der Waals surface area contributed by atoms with E-state index in [1.54, 1.807) is 12.1 Å². The smallest absolute Gasteiger partial charge is 0.189 e. The van der Waals surface area contributed by atoms with Crippen LogP contribution in [0.5, 0.6) is 5.75 Å². The third-order valence-electron chi connectivity index (χ3n) is 2.16. The maximum atomic E-state index is 12.7. The summed E-state index contributed by atoms with van der Waals surface area (Å²) in [5.74, 6) is 0.955. The largest absolute Gasteiger partial charge is 0.467 e. The Labute approximate surface area is 82.6 Å². The van der Waals surface area contributed by atoms with Crippen molar-refractivity contribution in [2.75, 3.05) is 13.4 Å². The second-order valence-corrected chi connectivity index (χ2v) is 3.53. The zero-order valence-corrected chi connectivity index (χ0v) is 7.91. The van der Waals surface area contributed by atoms with Gasteiger partial charge in [-0.3, -0.25) is 0 Å². The van der Waals surface area contributed by atoms with Crippen LogP contribution in [0.1, 0.15) is 12.8 Å². The fourth-order valence-electron chi connectivity index (χ4n) is 1.17. The van der Waals surface area contributed by atoms with Crippen LogP contribution in [0.15, 0.2) is 24.3 Å². The fraction of sp³-hybridized carbons (Fsp3) is 0.455. The molecule has 0 spiro atoms. The number of ether oxygens (including phenoxy) is 2. The van der Waals surface area contributed by atoms with E-state index in [2.05, 4.69) is 0 Å². The summed E-state index contributed by atoms with van der Waals surface area (Å²) in [7, 11) is 0. The summed E-state index contributed by atoms with van der Waals surface area (Å²) in [5.41, 5.74) is 0. The van der Waals surface area contributed by atoms with Crippen molar-refractivity contribution in [2.45, 2.75) is 12.8 Å². The molecule has 0 N–H and O–H groups in total. The maximum absolute atomic E-state index is 12.7. The van der Waals surface area contributed by atoms with Gasteiger partial charge < -0.3 is 9.47 Å². The van der Waals surface area contributed by atoms with Crippen LogP contribution in [-0.4, -0.2) is 13.4 Å². The first-order valence-corrected chi connectivity index (χ1v) is 4.81. The molecule has 1 aromatic rings. The van der Waals surface area contributed by atoms with E-state index in [9.17, 15) is 4.39 Å². The van der Waals surface area contributed by atoms with Crippen LogP contribution in [0.2, 0.25) is 0 Å². The Kier molecular flexibility index (Phi) is 2.99. The highest BCUT2D eigenvalue weighted by molar-refractivity contribution is 5.22. The van der Waals surface area contributed by atoms with Crippen LogP contribution in [0.3, 0.4) is 0 Å². The second-order valence-electron chi connectivity index (χ2n) is 3.53. The summed E-state index contributed by atoms with van der Waals surface area (Å²) in [5, 5.41) is 0. The van der Waals surface area contributed by atoms with Gasteiger partial charge in [0.1, 0.15) is 11.6 Å². The Morgan fingerprint density at radius 1 is 1.36 bits per heavy atom. The van der Waals surface area contributed by atoms with Gasteiger partial charge in [0.05, 0.1) is 6.61 Å². The molecular formula is C11H13FO2. The van der Waals surface area contributed by atoms with Crippen molar-refractivity contribution in [1.82, 2.24) is 0 Å². The molecule has 0 aromatic heterocycles. The average Bonchev–Trinajstić information content (AvgIpc) is 2.96. The molecule has 76 valence electrons. The van der Waals surface area contributed by atoms with Gasteiger partial charge in [0.15, 0.2) is 6.79 Å². The molecule has 1 saturated carbocycles. The molecule has 0 atom stereocenters. The van der Waals surface area contributed by atoms with E-state index in [4.69, 9.17) is 9.47 Å². The predicted molar refractivity (Wildman–Crippen MR) is 50.6 cm³/mol. The summed E-state index contributed by atoms with van der Waals surface area (Å²) >= 11 is 0. The van der Waals surface area contributed by atoms with Gasteiger partial charge in [-0.2, -0.15) is 0 Å². The molecule has 14 heavy (non-hydrogen) atoms. The molecule has 0 saturated heterocycles. The molecule has 2 nitrogen and oxygen atoms in total. The van der Waals surface area contributed by atoms with Gasteiger partial charge in [-0.1, -0.05) is 6.07 Å². The average molecular weight is 196 g/mol. The molecule has 1 aliphatic rings. The monoisotopic (exact) mass is 196 g/mol. The van der Waals surface area contributed by atoms with Crippen molar-refractivity contribution in [3.63, 3.8) is 0 Å². The van der Waals surface area contributed by atoms with Crippen LogP contribution >= 0.6 is 0 Å². The van der Waals surface area contributed by atoms with Crippen molar-refractivity contribution < 1.29 is 13.9 Å². The lowest BCUT2D eigenvalue weighted by Crippen LogP contribution is -2.05. The molecule has 1 aliphatic carbocycles. The molecule has 0 heterocycles. The third kappa shape index (κ3) is 3.00. The number of hydrogen-bond acceptors (Lipinski definition) is 2. The highest BCUT2D eigenvalue weighted by atomic mass is 19.1. The second kappa shape index (κ2) is 4.42. The van der Waals surface area contributed by atoms with Crippen LogP contribution in [0, 0.1) is 11.7 Å². The van der Waals surface area contributed by atoms with Crippen molar-refractivity contribution >= 4 is 0 Å². The number of halogens is 1. The lowest BCUT2D eigenvalue weighted by Gasteiger charge is -2.06. The maximum Gasteiger partial charge on any atom is 0.189 e. The van der Waals surface area contributed by atoms with Crippen molar-refractivity contribution in [3.8, 4) is 5.75 Å². The van der Waals surface area contributed by atoms with Gasteiger partial charge in [0, 0.05) is 6.07 Å². The van der Waals surface area contributed by atoms with Crippen LogP contribution in [0.4, 0.5) is 4.39 Å². The van der Waals surface area contributed by atoms with Gasteiger partial charge in [0.2, 0.25) is 0 Å². The summed E-state index contributed by atoms with van der Waals surface area (Å²) in [4.78, 5) is 0. The Bertz CT molecular complexity index is 297. The molecule has 1 aromatic carbocycles. The molecular weight excluding hydrogens is 183 g/mol. The Morgan fingerprint density at radius 3 is 2.93 bits per heavy atom. The third-order valence-corrected chi connectivity index (χ3v) is 2.16. The van der Waals surface area contributed by atoms with Gasteiger partial charge in [-0.05, 0) is 30.9 Å². The van der Waals surface area contributed by atoms with Gasteiger partial charge in [-0.25, -0.2) is 4.39 Å². The molecule has 0 bridgehead atoms. The lowest BCUT2D eigenvalue weighted by molar-refractivity contribution is 0.00984.